The molecule has 2 heterocycles. The summed E-state index contributed by atoms with van der Waals surface area (Å²) in [5.74, 6) is 0.730. The van der Waals surface area contributed by atoms with Crippen LogP contribution < -0.4 is 10.2 Å². The summed E-state index contributed by atoms with van der Waals surface area (Å²) >= 11 is 0. The number of amides is 1. The number of nitrogens with one attached hydrogen (secondary N) is 2. The van der Waals surface area contributed by atoms with E-state index in [1.54, 1.807) is 24.4 Å². The van der Waals surface area contributed by atoms with Crippen LogP contribution in [0.1, 0.15) is 15.9 Å². The van der Waals surface area contributed by atoms with E-state index in [0.29, 0.717) is 17.6 Å². The average molecular weight is 296 g/mol. The van der Waals surface area contributed by atoms with E-state index in [2.05, 4.69) is 25.7 Å². The highest BCUT2D eigenvalue weighted by atomic mass is 16.1. The highest BCUT2D eigenvalue weighted by Gasteiger charge is 2.08. The number of nitrogens with zero attached hydrogens (tertiary/aromatic N) is 4. The number of rotatable bonds is 4. The predicted octanol–water partition coefficient (Wildman–Crippen LogP) is 1.35. The molecule has 1 amide bonds. The quantitative estimate of drug-likeness (QED) is 0.759. The maximum Gasteiger partial charge on any atom is 0.251 e. The van der Waals surface area contributed by atoms with Gasteiger partial charge < -0.3 is 10.2 Å². The number of H-pyrrole nitrogens is 1. The lowest BCUT2D eigenvalue weighted by Crippen LogP contribution is -2.23. The van der Waals surface area contributed by atoms with Crippen molar-refractivity contribution in [2.75, 3.05) is 19.0 Å². The van der Waals surface area contributed by atoms with Gasteiger partial charge in [-0.15, -0.1) is 0 Å². The summed E-state index contributed by atoms with van der Waals surface area (Å²) in [7, 11) is 3.87. The maximum atomic E-state index is 12.2. The van der Waals surface area contributed by atoms with Crippen LogP contribution in [0.25, 0.3) is 11.0 Å². The normalized spacial score (nSPS) is 10.6. The number of anilines is 1. The molecule has 7 nitrogen and oxygen atoms in total. The lowest BCUT2D eigenvalue weighted by Gasteiger charge is -2.11. The van der Waals surface area contributed by atoms with Gasteiger partial charge in [0.2, 0.25) is 0 Å². The van der Waals surface area contributed by atoms with Crippen molar-refractivity contribution in [2.45, 2.75) is 6.54 Å². The second kappa shape index (κ2) is 5.80. The van der Waals surface area contributed by atoms with Crippen molar-refractivity contribution in [2.24, 2.45) is 0 Å². The first kappa shape index (κ1) is 14.0. The van der Waals surface area contributed by atoms with Gasteiger partial charge in [-0.1, -0.05) is 6.07 Å². The molecule has 0 aliphatic rings. The first-order valence-electron chi connectivity index (χ1n) is 6.84. The molecular weight excluding hydrogens is 280 g/mol. The number of benzene rings is 1. The van der Waals surface area contributed by atoms with E-state index < -0.39 is 0 Å². The van der Waals surface area contributed by atoms with Gasteiger partial charge in [-0.05, 0) is 29.8 Å². The van der Waals surface area contributed by atoms with E-state index in [1.165, 1.54) is 0 Å². The largest absolute Gasteiger partial charge is 0.363 e. The number of hydrogen-bond acceptors (Lipinski definition) is 5. The number of aromatic amines is 1. The first-order valence-corrected chi connectivity index (χ1v) is 6.84. The molecule has 0 aliphatic heterocycles. The molecule has 0 aliphatic carbocycles. The maximum absolute atomic E-state index is 12.2. The standard InChI is InChI=1S/C15H16N6O/c1-21(2)14-6-3-10(8-16-14)9-17-15(22)11-4-5-12-13(7-11)19-20-18-12/h3-8H,9H2,1-2H3,(H,17,22)(H,18,19,20). The number of carbonyl (C=O) groups is 1. The minimum absolute atomic E-state index is 0.151. The van der Waals surface area contributed by atoms with Crippen LogP contribution in [0.15, 0.2) is 36.5 Å². The van der Waals surface area contributed by atoms with Crippen LogP contribution in [-0.4, -0.2) is 40.4 Å². The van der Waals surface area contributed by atoms with E-state index >= 15 is 0 Å². The molecule has 2 N–H and O–H groups in total. The van der Waals surface area contributed by atoms with E-state index in [-0.39, 0.29) is 5.91 Å². The van der Waals surface area contributed by atoms with Gasteiger partial charge in [0.15, 0.2) is 0 Å². The fourth-order valence-electron chi connectivity index (χ4n) is 2.05. The molecular formula is C15H16N6O. The molecule has 2 aromatic heterocycles. The van der Waals surface area contributed by atoms with Crippen molar-refractivity contribution in [3.8, 4) is 0 Å². The van der Waals surface area contributed by atoms with E-state index in [4.69, 9.17) is 0 Å². The van der Waals surface area contributed by atoms with E-state index in [1.807, 2.05) is 31.1 Å². The molecule has 0 spiro atoms. The smallest absolute Gasteiger partial charge is 0.251 e. The monoisotopic (exact) mass is 296 g/mol. The SMILES string of the molecule is CN(C)c1ccc(CNC(=O)c2ccc3n[nH]nc3c2)cn1. The van der Waals surface area contributed by atoms with Crippen molar-refractivity contribution < 1.29 is 4.79 Å². The molecule has 0 saturated heterocycles. The van der Waals surface area contributed by atoms with E-state index in [0.717, 1.165) is 16.9 Å². The molecule has 0 atom stereocenters. The molecule has 7 heteroatoms. The Labute approximate surface area is 127 Å². The number of aromatic nitrogens is 4. The average Bonchev–Trinajstić information content (AvgIpc) is 3.00. The molecule has 0 unspecified atom stereocenters. The summed E-state index contributed by atoms with van der Waals surface area (Å²) in [6, 6.07) is 9.07. The van der Waals surface area contributed by atoms with Gasteiger partial charge in [0.05, 0.1) is 0 Å². The lowest BCUT2D eigenvalue weighted by molar-refractivity contribution is 0.0951. The summed E-state index contributed by atoms with van der Waals surface area (Å²) in [6.07, 6.45) is 1.76. The highest BCUT2D eigenvalue weighted by Crippen LogP contribution is 2.11. The van der Waals surface area contributed by atoms with Crippen molar-refractivity contribution in [1.82, 2.24) is 25.7 Å². The summed E-state index contributed by atoms with van der Waals surface area (Å²) in [5, 5.41) is 13.3. The summed E-state index contributed by atoms with van der Waals surface area (Å²) in [6.45, 7) is 0.427. The zero-order valence-electron chi connectivity index (χ0n) is 12.4. The Morgan fingerprint density at radius 1 is 1.18 bits per heavy atom. The fraction of sp³-hybridized carbons (Fsp3) is 0.200. The zero-order chi connectivity index (χ0) is 15.5. The van der Waals surface area contributed by atoms with Crippen molar-refractivity contribution in [3.05, 3.63) is 47.7 Å². The number of fused-ring (bicyclic) bond motifs is 1. The van der Waals surface area contributed by atoms with Crippen LogP contribution in [0.3, 0.4) is 0 Å². The molecule has 22 heavy (non-hydrogen) atoms. The third kappa shape index (κ3) is 2.88. The Kier molecular flexibility index (Phi) is 3.69. The van der Waals surface area contributed by atoms with Crippen LogP contribution in [0.5, 0.6) is 0 Å². The first-order chi connectivity index (χ1) is 10.6. The van der Waals surface area contributed by atoms with Gasteiger partial charge in [-0.25, -0.2) is 4.98 Å². The minimum Gasteiger partial charge on any atom is -0.363 e. The molecule has 0 bridgehead atoms. The fourth-order valence-corrected chi connectivity index (χ4v) is 2.05. The second-order valence-electron chi connectivity index (χ2n) is 5.13. The highest BCUT2D eigenvalue weighted by molar-refractivity contribution is 5.97. The van der Waals surface area contributed by atoms with Gasteiger partial charge in [0.25, 0.3) is 5.91 Å². The van der Waals surface area contributed by atoms with Gasteiger partial charge in [0.1, 0.15) is 16.9 Å². The van der Waals surface area contributed by atoms with Crippen LogP contribution in [0, 0.1) is 0 Å². The minimum atomic E-state index is -0.151. The van der Waals surface area contributed by atoms with Crippen molar-refractivity contribution >= 4 is 22.8 Å². The molecule has 3 aromatic rings. The van der Waals surface area contributed by atoms with Gasteiger partial charge >= 0.3 is 0 Å². The van der Waals surface area contributed by atoms with Gasteiger partial charge in [-0.2, -0.15) is 15.4 Å². The molecule has 0 saturated carbocycles. The molecule has 1 aromatic carbocycles. The lowest BCUT2D eigenvalue weighted by atomic mass is 10.2. The molecule has 0 fully saturated rings. The van der Waals surface area contributed by atoms with Crippen LogP contribution in [0.4, 0.5) is 5.82 Å². The Balaban J connectivity index is 1.66. The van der Waals surface area contributed by atoms with Crippen molar-refractivity contribution in [3.63, 3.8) is 0 Å². The summed E-state index contributed by atoms with van der Waals surface area (Å²) in [4.78, 5) is 18.4. The van der Waals surface area contributed by atoms with Crippen molar-refractivity contribution in [1.29, 1.82) is 0 Å². The Hall–Kier alpha value is -2.96. The third-order valence-corrected chi connectivity index (χ3v) is 3.30. The topological polar surface area (TPSA) is 86.8 Å². The third-order valence-electron chi connectivity index (χ3n) is 3.30. The van der Waals surface area contributed by atoms with Gasteiger partial charge in [0, 0.05) is 32.4 Å². The number of pyridine rings is 1. The number of hydrogen-bond donors (Lipinski definition) is 2. The summed E-state index contributed by atoms with van der Waals surface area (Å²) in [5.41, 5.74) is 2.91. The Morgan fingerprint density at radius 2 is 2.00 bits per heavy atom. The Morgan fingerprint density at radius 3 is 2.73 bits per heavy atom. The molecule has 112 valence electrons. The second-order valence-corrected chi connectivity index (χ2v) is 5.13. The van der Waals surface area contributed by atoms with Crippen LogP contribution in [-0.2, 0) is 6.54 Å². The molecule has 0 radical (unpaired) electrons. The van der Waals surface area contributed by atoms with Gasteiger partial charge in [-0.3, -0.25) is 4.79 Å². The Bertz CT molecular complexity index is 793. The zero-order valence-corrected chi connectivity index (χ0v) is 12.4. The van der Waals surface area contributed by atoms with E-state index in [9.17, 15) is 4.79 Å². The predicted molar refractivity (Wildman–Crippen MR) is 83.6 cm³/mol. The summed E-state index contributed by atoms with van der Waals surface area (Å²) < 4.78 is 0. The number of carbonyl (C=O) groups excluding carboxylic acids is 1. The molecule has 3 rings (SSSR count). The van der Waals surface area contributed by atoms with Crippen LogP contribution in [0.2, 0.25) is 0 Å². The van der Waals surface area contributed by atoms with Crippen LogP contribution >= 0.6 is 0 Å².